The molecule has 4 rings (SSSR count). The van der Waals surface area contributed by atoms with Crippen LogP contribution in [0.5, 0.6) is 0 Å². The Kier molecular flexibility index (Phi) is 6.99. The van der Waals surface area contributed by atoms with E-state index in [9.17, 15) is 9.59 Å². The fraction of sp³-hybridized carbons (Fsp3) is 0.407. The predicted molar refractivity (Wildman–Crippen MR) is 143 cm³/mol. The summed E-state index contributed by atoms with van der Waals surface area (Å²) in [6.45, 7) is 8.90. The van der Waals surface area contributed by atoms with Gasteiger partial charge in [-0.2, -0.15) is 5.26 Å². The highest BCUT2D eigenvalue weighted by atomic mass is 16.2. The number of carbonyl (C=O) groups excluding carboxylic acids is 2. The second-order valence-electron chi connectivity index (χ2n) is 10.3. The molecule has 0 bridgehead atoms. The van der Waals surface area contributed by atoms with Crippen LogP contribution in [0.4, 0.5) is 5.69 Å². The van der Waals surface area contributed by atoms with Crippen LogP contribution in [0.1, 0.15) is 54.9 Å². The Labute approximate surface area is 216 Å². The van der Waals surface area contributed by atoms with Gasteiger partial charge >= 0.3 is 0 Å². The van der Waals surface area contributed by atoms with Gasteiger partial charge in [0.15, 0.2) is 5.65 Å². The van der Waals surface area contributed by atoms with E-state index < -0.39 is 11.9 Å². The SMILES string of the molecule is CN=C(c1cnc2[nH]cc(C(=O)N[C@H](C)C(=O)N3CC(C#N)C3)c2n1)c1ccc(C(C)(C)C)cc1NC. The van der Waals surface area contributed by atoms with E-state index in [1.165, 1.54) is 11.8 Å². The Hall–Kier alpha value is -4.26. The molecular formula is C27H32N8O2. The lowest BCUT2D eigenvalue weighted by Gasteiger charge is -2.37. The summed E-state index contributed by atoms with van der Waals surface area (Å²) in [5.74, 6) is -0.793. The van der Waals surface area contributed by atoms with Gasteiger partial charge in [-0.05, 0) is 24.0 Å². The maximum Gasteiger partial charge on any atom is 0.255 e. The molecule has 1 saturated heterocycles. The first-order chi connectivity index (χ1) is 17.6. The summed E-state index contributed by atoms with van der Waals surface area (Å²) in [6, 6.07) is 7.61. The number of nitriles is 1. The van der Waals surface area contributed by atoms with Gasteiger partial charge in [-0.15, -0.1) is 0 Å². The van der Waals surface area contributed by atoms with Gasteiger partial charge in [0.05, 0.1) is 29.5 Å². The predicted octanol–water partition coefficient (Wildman–Crippen LogP) is 2.86. The number of likely N-dealkylation sites (tertiary alicyclic amines) is 1. The van der Waals surface area contributed by atoms with Crippen LogP contribution < -0.4 is 10.6 Å². The number of aliphatic imine (C=N–C) groups is 1. The van der Waals surface area contributed by atoms with Gasteiger partial charge in [-0.25, -0.2) is 9.97 Å². The molecule has 1 aliphatic rings. The van der Waals surface area contributed by atoms with E-state index >= 15 is 0 Å². The van der Waals surface area contributed by atoms with Crippen molar-refractivity contribution in [1.82, 2.24) is 25.2 Å². The van der Waals surface area contributed by atoms with Crippen molar-refractivity contribution in [2.45, 2.75) is 39.2 Å². The van der Waals surface area contributed by atoms with Crippen LogP contribution in [0.3, 0.4) is 0 Å². The van der Waals surface area contributed by atoms with E-state index in [-0.39, 0.29) is 22.8 Å². The number of rotatable bonds is 6. The molecule has 0 aliphatic carbocycles. The van der Waals surface area contributed by atoms with Crippen LogP contribution >= 0.6 is 0 Å². The quantitative estimate of drug-likeness (QED) is 0.445. The van der Waals surface area contributed by atoms with Crippen molar-refractivity contribution < 1.29 is 9.59 Å². The maximum absolute atomic E-state index is 13.1. The number of nitrogens with zero attached hydrogens (tertiary/aromatic N) is 5. The molecule has 2 amide bonds. The standard InChI is InChI=1S/C27H32N8O2/c1-15(26(37)35-13-16(10-28)14-35)33-25(36)19-11-31-24-23(19)34-21(12-32-24)22(30-6)18-8-7-17(27(2,3)4)9-20(18)29-5/h7-9,11-12,15-16,29H,13-14H2,1-6H3,(H,31,32)(H,33,36)/t15-/m1/s1. The first-order valence-corrected chi connectivity index (χ1v) is 12.2. The highest BCUT2D eigenvalue weighted by molar-refractivity contribution is 6.15. The zero-order chi connectivity index (χ0) is 26.9. The molecule has 3 N–H and O–H groups in total. The molecule has 0 spiro atoms. The van der Waals surface area contributed by atoms with Gasteiger partial charge in [0.2, 0.25) is 5.91 Å². The van der Waals surface area contributed by atoms with Gasteiger partial charge in [-0.1, -0.05) is 32.9 Å². The molecule has 1 atom stereocenters. The molecular weight excluding hydrogens is 468 g/mol. The zero-order valence-corrected chi connectivity index (χ0v) is 22.0. The largest absolute Gasteiger partial charge is 0.388 e. The number of aromatic amines is 1. The number of amides is 2. The average molecular weight is 501 g/mol. The Morgan fingerprint density at radius 2 is 2.00 bits per heavy atom. The molecule has 0 unspecified atom stereocenters. The first kappa shape index (κ1) is 25.8. The molecule has 1 aliphatic heterocycles. The van der Waals surface area contributed by atoms with Crippen LogP contribution in [-0.4, -0.2) is 70.6 Å². The minimum Gasteiger partial charge on any atom is -0.388 e. The lowest BCUT2D eigenvalue weighted by molar-refractivity contribution is -0.137. The Morgan fingerprint density at radius 3 is 2.62 bits per heavy atom. The number of benzene rings is 1. The fourth-order valence-corrected chi connectivity index (χ4v) is 4.33. The van der Waals surface area contributed by atoms with Gasteiger partial charge in [-0.3, -0.25) is 14.6 Å². The number of hydrogen-bond acceptors (Lipinski definition) is 7. The van der Waals surface area contributed by atoms with Crippen LogP contribution in [-0.2, 0) is 10.2 Å². The highest BCUT2D eigenvalue weighted by Gasteiger charge is 2.33. The smallest absolute Gasteiger partial charge is 0.255 e. The molecule has 3 heterocycles. The zero-order valence-electron chi connectivity index (χ0n) is 22.0. The van der Waals surface area contributed by atoms with Crippen LogP contribution in [0.25, 0.3) is 11.2 Å². The van der Waals surface area contributed by atoms with Crippen molar-refractivity contribution in [3.8, 4) is 6.07 Å². The van der Waals surface area contributed by atoms with Crippen LogP contribution in [0.15, 0.2) is 35.6 Å². The van der Waals surface area contributed by atoms with Crippen molar-refractivity contribution in [1.29, 1.82) is 5.26 Å². The molecule has 1 fully saturated rings. The maximum atomic E-state index is 13.1. The van der Waals surface area contributed by atoms with Crippen molar-refractivity contribution >= 4 is 34.4 Å². The monoisotopic (exact) mass is 500 g/mol. The Morgan fingerprint density at radius 1 is 1.27 bits per heavy atom. The molecule has 0 saturated carbocycles. The molecule has 10 heteroatoms. The summed E-state index contributed by atoms with van der Waals surface area (Å²) in [5, 5.41) is 14.9. The van der Waals surface area contributed by atoms with Gasteiger partial charge in [0, 0.05) is 44.6 Å². The van der Waals surface area contributed by atoms with E-state index in [1.54, 1.807) is 25.1 Å². The Balaban J connectivity index is 1.61. The molecule has 10 nitrogen and oxygen atoms in total. The van der Waals surface area contributed by atoms with Gasteiger partial charge in [0.1, 0.15) is 17.3 Å². The average Bonchev–Trinajstić information content (AvgIpc) is 3.26. The van der Waals surface area contributed by atoms with Gasteiger partial charge in [0.25, 0.3) is 5.91 Å². The molecule has 37 heavy (non-hydrogen) atoms. The summed E-state index contributed by atoms with van der Waals surface area (Å²) >= 11 is 0. The summed E-state index contributed by atoms with van der Waals surface area (Å²) in [5.41, 5.74) is 5.27. The lowest BCUT2D eigenvalue weighted by Crippen LogP contribution is -2.55. The molecule has 192 valence electrons. The minimum atomic E-state index is -0.736. The number of carbonyl (C=O) groups is 2. The Bertz CT molecular complexity index is 1420. The van der Waals surface area contributed by atoms with E-state index in [4.69, 9.17) is 10.2 Å². The lowest BCUT2D eigenvalue weighted by atomic mass is 9.85. The molecule has 3 aromatic rings. The van der Waals surface area contributed by atoms with E-state index in [2.05, 4.69) is 64.6 Å². The number of aromatic nitrogens is 3. The van der Waals surface area contributed by atoms with E-state index in [0.29, 0.717) is 35.7 Å². The first-order valence-electron chi connectivity index (χ1n) is 12.2. The number of H-pyrrole nitrogens is 1. The third-order valence-electron chi connectivity index (χ3n) is 6.60. The summed E-state index contributed by atoms with van der Waals surface area (Å²) in [4.78, 5) is 43.9. The molecule has 0 radical (unpaired) electrons. The summed E-state index contributed by atoms with van der Waals surface area (Å²) in [7, 11) is 3.56. The topological polar surface area (TPSA) is 139 Å². The van der Waals surface area contributed by atoms with Crippen molar-refractivity contribution in [2.24, 2.45) is 10.9 Å². The second kappa shape index (κ2) is 10.0. The summed E-state index contributed by atoms with van der Waals surface area (Å²) in [6.07, 6.45) is 3.16. The number of fused-ring (bicyclic) bond motifs is 1. The van der Waals surface area contributed by atoms with Crippen LogP contribution in [0, 0.1) is 17.2 Å². The van der Waals surface area contributed by atoms with Crippen molar-refractivity contribution in [2.75, 3.05) is 32.5 Å². The number of anilines is 1. The number of nitrogens with one attached hydrogen (secondary N) is 3. The summed E-state index contributed by atoms with van der Waals surface area (Å²) < 4.78 is 0. The third-order valence-corrected chi connectivity index (χ3v) is 6.60. The molecule has 1 aromatic carbocycles. The highest BCUT2D eigenvalue weighted by Crippen LogP contribution is 2.29. The van der Waals surface area contributed by atoms with Crippen molar-refractivity contribution in [3.63, 3.8) is 0 Å². The van der Waals surface area contributed by atoms with E-state index in [0.717, 1.165) is 11.3 Å². The van der Waals surface area contributed by atoms with Gasteiger partial charge < -0.3 is 20.5 Å². The minimum absolute atomic E-state index is 0.00858. The second-order valence-corrected chi connectivity index (χ2v) is 10.3. The van der Waals surface area contributed by atoms with E-state index in [1.807, 2.05) is 13.1 Å². The molecule has 2 aromatic heterocycles. The third kappa shape index (κ3) is 5.03. The normalized spacial score (nSPS) is 15.2. The number of hydrogen-bond donors (Lipinski definition) is 3. The van der Waals surface area contributed by atoms with Crippen LogP contribution in [0.2, 0.25) is 0 Å². The fourth-order valence-electron chi connectivity index (χ4n) is 4.33. The van der Waals surface area contributed by atoms with Crippen molar-refractivity contribution in [3.05, 3.63) is 53.0 Å².